The van der Waals surface area contributed by atoms with Crippen molar-refractivity contribution in [3.05, 3.63) is 119 Å². The third kappa shape index (κ3) is 5.79. The summed E-state index contributed by atoms with van der Waals surface area (Å²) in [7, 11) is 0. The van der Waals surface area contributed by atoms with Crippen molar-refractivity contribution in [2.24, 2.45) is 0 Å². The number of hydrogen-bond acceptors (Lipinski definition) is 4. The van der Waals surface area contributed by atoms with Crippen LogP contribution in [0.5, 0.6) is 0 Å². The first-order chi connectivity index (χ1) is 16.9. The summed E-state index contributed by atoms with van der Waals surface area (Å²) in [6.07, 6.45) is 0. The van der Waals surface area contributed by atoms with Crippen LogP contribution in [0.4, 0.5) is 11.4 Å². The standard InChI is InChI=1S/C28H23N3O4/c1-18-7-9-20(10-8-18)26(32)30-25-16-22(19-11-13-21(14-12-19)28(34)31-35)15-23(17-25)27(33)29-24-5-3-2-4-6-24/h2-17,35H,1H3,(H,29,33)(H,30,32)(H,31,34). The lowest BCUT2D eigenvalue weighted by Gasteiger charge is -2.12. The Morgan fingerprint density at radius 1 is 0.571 bits per heavy atom. The molecule has 0 saturated carbocycles. The molecule has 4 rings (SSSR count). The van der Waals surface area contributed by atoms with Crippen molar-refractivity contribution >= 4 is 29.1 Å². The molecule has 0 radical (unpaired) electrons. The van der Waals surface area contributed by atoms with Crippen molar-refractivity contribution in [1.82, 2.24) is 5.48 Å². The van der Waals surface area contributed by atoms with Gasteiger partial charge in [0.1, 0.15) is 0 Å². The number of amides is 3. The number of hydrogen-bond donors (Lipinski definition) is 4. The molecule has 0 unspecified atom stereocenters. The van der Waals surface area contributed by atoms with Crippen molar-refractivity contribution < 1.29 is 19.6 Å². The monoisotopic (exact) mass is 465 g/mol. The molecular weight excluding hydrogens is 442 g/mol. The van der Waals surface area contributed by atoms with Gasteiger partial charge in [-0.25, -0.2) is 5.48 Å². The molecule has 7 heteroatoms. The molecule has 174 valence electrons. The molecule has 0 aliphatic carbocycles. The van der Waals surface area contributed by atoms with Gasteiger partial charge in [-0.2, -0.15) is 0 Å². The van der Waals surface area contributed by atoms with E-state index in [0.717, 1.165) is 11.1 Å². The number of para-hydroxylation sites is 1. The molecule has 0 aliphatic rings. The number of carbonyl (C=O) groups is 3. The van der Waals surface area contributed by atoms with Gasteiger partial charge in [-0.15, -0.1) is 0 Å². The summed E-state index contributed by atoms with van der Waals surface area (Å²) in [4.78, 5) is 37.5. The average molecular weight is 466 g/mol. The summed E-state index contributed by atoms with van der Waals surface area (Å²) in [5, 5.41) is 14.6. The quantitative estimate of drug-likeness (QED) is 0.229. The fraction of sp³-hybridized carbons (Fsp3) is 0.0357. The van der Waals surface area contributed by atoms with E-state index in [2.05, 4.69) is 10.6 Å². The van der Waals surface area contributed by atoms with Gasteiger partial charge < -0.3 is 10.6 Å². The van der Waals surface area contributed by atoms with E-state index in [0.29, 0.717) is 28.1 Å². The Morgan fingerprint density at radius 2 is 1.14 bits per heavy atom. The summed E-state index contributed by atoms with van der Waals surface area (Å²) in [5.74, 6) is -1.26. The second-order valence-electron chi connectivity index (χ2n) is 7.96. The predicted molar refractivity (Wildman–Crippen MR) is 135 cm³/mol. The van der Waals surface area contributed by atoms with Crippen molar-refractivity contribution in [3.63, 3.8) is 0 Å². The molecule has 0 saturated heterocycles. The van der Waals surface area contributed by atoms with E-state index < -0.39 is 5.91 Å². The largest absolute Gasteiger partial charge is 0.322 e. The van der Waals surface area contributed by atoms with Gasteiger partial charge in [0.05, 0.1) is 0 Å². The Morgan fingerprint density at radius 3 is 1.80 bits per heavy atom. The highest BCUT2D eigenvalue weighted by Gasteiger charge is 2.14. The number of carbonyl (C=O) groups excluding carboxylic acids is 3. The predicted octanol–water partition coefficient (Wildman–Crippen LogP) is 5.29. The zero-order valence-corrected chi connectivity index (χ0v) is 18.9. The van der Waals surface area contributed by atoms with Crippen molar-refractivity contribution in [2.75, 3.05) is 10.6 Å². The molecule has 4 aromatic rings. The van der Waals surface area contributed by atoms with Gasteiger partial charge in [-0.3, -0.25) is 19.6 Å². The lowest BCUT2D eigenvalue weighted by Crippen LogP contribution is -2.18. The van der Waals surface area contributed by atoms with Crippen LogP contribution in [0.1, 0.15) is 36.6 Å². The van der Waals surface area contributed by atoms with Crippen LogP contribution in [-0.4, -0.2) is 22.9 Å². The van der Waals surface area contributed by atoms with E-state index in [-0.39, 0.29) is 17.4 Å². The number of hydroxylamine groups is 1. The smallest absolute Gasteiger partial charge is 0.274 e. The summed E-state index contributed by atoms with van der Waals surface area (Å²) < 4.78 is 0. The molecule has 0 heterocycles. The normalized spacial score (nSPS) is 10.3. The first-order valence-electron chi connectivity index (χ1n) is 10.9. The van der Waals surface area contributed by atoms with Gasteiger partial charge in [-0.05, 0) is 72.6 Å². The van der Waals surface area contributed by atoms with Crippen LogP contribution in [-0.2, 0) is 0 Å². The van der Waals surface area contributed by atoms with Crippen LogP contribution < -0.4 is 16.1 Å². The maximum atomic E-state index is 13.0. The molecule has 7 nitrogen and oxygen atoms in total. The number of rotatable bonds is 6. The van der Waals surface area contributed by atoms with E-state index in [1.807, 2.05) is 37.3 Å². The van der Waals surface area contributed by atoms with E-state index in [1.165, 1.54) is 0 Å². The summed E-state index contributed by atoms with van der Waals surface area (Å²) >= 11 is 0. The highest BCUT2D eigenvalue weighted by Crippen LogP contribution is 2.27. The highest BCUT2D eigenvalue weighted by molar-refractivity contribution is 6.08. The van der Waals surface area contributed by atoms with Gasteiger partial charge in [-0.1, -0.05) is 48.0 Å². The Bertz CT molecular complexity index is 1370. The minimum Gasteiger partial charge on any atom is -0.322 e. The van der Waals surface area contributed by atoms with Gasteiger partial charge in [0, 0.05) is 28.1 Å². The van der Waals surface area contributed by atoms with Crippen LogP contribution in [0.3, 0.4) is 0 Å². The lowest BCUT2D eigenvalue weighted by atomic mass is 10.00. The van der Waals surface area contributed by atoms with Crippen LogP contribution in [0.15, 0.2) is 97.1 Å². The summed E-state index contributed by atoms with van der Waals surface area (Å²) in [6, 6.07) is 27.9. The van der Waals surface area contributed by atoms with Crippen molar-refractivity contribution in [2.45, 2.75) is 6.92 Å². The third-order valence-electron chi connectivity index (χ3n) is 5.38. The molecule has 0 spiro atoms. The van der Waals surface area contributed by atoms with Crippen molar-refractivity contribution in [3.8, 4) is 11.1 Å². The molecule has 35 heavy (non-hydrogen) atoms. The van der Waals surface area contributed by atoms with E-state index in [9.17, 15) is 14.4 Å². The van der Waals surface area contributed by atoms with Crippen molar-refractivity contribution in [1.29, 1.82) is 0 Å². The molecule has 4 N–H and O–H groups in total. The van der Waals surface area contributed by atoms with Gasteiger partial charge in [0.15, 0.2) is 0 Å². The number of aryl methyl sites for hydroxylation is 1. The zero-order valence-electron chi connectivity index (χ0n) is 18.9. The summed E-state index contributed by atoms with van der Waals surface area (Å²) in [5.41, 5.74) is 6.25. The number of benzene rings is 4. The maximum absolute atomic E-state index is 13.0. The van der Waals surface area contributed by atoms with E-state index >= 15 is 0 Å². The summed E-state index contributed by atoms with van der Waals surface area (Å²) in [6.45, 7) is 1.94. The van der Waals surface area contributed by atoms with Crippen LogP contribution in [0.2, 0.25) is 0 Å². The Balaban J connectivity index is 1.68. The molecule has 0 bridgehead atoms. The minimum atomic E-state index is -0.626. The third-order valence-corrected chi connectivity index (χ3v) is 5.38. The Labute approximate surface area is 202 Å². The number of anilines is 2. The fourth-order valence-corrected chi connectivity index (χ4v) is 3.51. The first-order valence-corrected chi connectivity index (χ1v) is 10.9. The molecular formula is C28H23N3O4. The van der Waals surface area contributed by atoms with Crippen LogP contribution >= 0.6 is 0 Å². The molecule has 0 atom stereocenters. The van der Waals surface area contributed by atoms with Crippen LogP contribution in [0.25, 0.3) is 11.1 Å². The van der Waals surface area contributed by atoms with Gasteiger partial charge >= 0.3 is 0 Å². The Hall–Kier alpha value is -4.75. The SMILES string of the molecule is Cc1ccc(C(=O)Nc2cc(C(=O)Nc3ccccc3)cc(-c3ccc(C(=O)NO)cc3)c2)cc1. The zero-order chi connectivity index (χ0) is 24.8. The highest BCUT2D eigenvalue weighted by atomic mass is 16.5. The molecule has 0 aliphatic heterocycles. The van der Waals surface area contributed by atoms with E-state index in [1.54, 1.807) is 72.2 Å². The fourth-order valence-electron chi connectivity index (χ4n) is 3.51. The Kier molecular flexibility index (Phi) is 6.99. The van der Waals surface area contributed by atoms with Gasteiger partial charge in [0.25, 0.3) is 17.7 Å². The molecule has 3 amide bonds. The topological polar surface area (TPSA) is 108 Å². The minimum absolute atomic E-state index is 0.280. The average Bonchev–Trinajstić information content (AvgIpc) is 2.89. The molecule has 0 fully saturated rings. The molecule has 4 aromatic carbocycles. The second kappa shape index (κ2) is 10.5. The second-order valence-corrected chi connectivity index (χ2v) is 7.96. The number of nitrogens with one attached hydrogen (secondary N) is 3. The van der Waals surface area contributed by atoms with Crippen LogP contribution in [0, 0.1) is 6.92 Å². The maximum Gasteiger partial charge on any atom is 0.274 e. The molecule has 0 aromatic heterocycles. The first kappa shape index (κ1) is 23.4. The van der Waals surface area contributed by atoms with Gasteiger partial charge in [0.2, 0.25) is 0 Å². The lowest BCUT2D eigenvalue weighted by molar-refractivity contribution is 0.0706. The van der Waals surface area contributed by atoms with E-state index in [4.69, 9.17) is 5.21 Å².